The van der Waals surface area contributed by atoms with Crippen molar-refractivity contribution in [3.63, 3.8) is 0 Å². The lowest BCUT2D eigenvalue weighted by Crippen LogP contribution is -2.31. The zero-order chi connectivity index (χ0) is 20.7. The van der Waals surface area contributed by atoms with Crippen LogP contribution in [0, 0.1) is 0 Å². The third-order valence-electron chi connectivity index (χ3n) is 3.65. The van der Waals surface area contributed by atoms with Crippen LogP contribution in [0.1, 0.15) is 6.92 Å². The van der Waals surface area contributed by atoms with Crippen LogP contribution >= 0.6 is 0 Å². The lowest BCUT2D eigenvalue weighted by Gasteiger charge is -2.17. The summed E-state index contributed by atoms with van der Waals surface area (Å²) in [7, 11) is 3.01. The first kappa shape index (κ1) is 21.2. The number of nitrogens with one attached hydrogen (secondary N) is 2. The second-order valence-electron chi connectivity index (χ2n) is 5.88. The van der Waals surface area contributed by atoms with E-state index in [0.29, 0.717) is 22.9 Å². The molecular weight excluding hydrogens is 377 g/mol. The Kier molecular flexibility index (Phi) is 6.97. The molecule has 1 amide bonds. The summed E-state index contributed by atoms with van der Waals surface area (Å²) in [6.07, 6.45) is -4.40. The molecular formula is C19H21F3N2O4. The second-order valence-corrected chi connectivity index (χ2v) is 5.88. The predicted molar refractivity (Wildman–Crippen MR) is 99.3 cm³/mol. The fraction of sp³-hybridized carbons (Fsp3) is 0.316. The number of amides is 1. The molecule has 2 aromatic carbocycles. The summed E-state index contributed by atoms with van der Waals surface area (Å²) in [5, 5.41) is 5.71. The van der Waals surface area contributed by atoms with Gasteiger partial charge in [0, 0.05) is 29.6 Å². The number of ether oxygens (including phenoxy) is 3. The molecule has 0 aliphatic carbocycles. The zero-order valence-corrected chi connectivity index (χ0v) is 15.6. The largest absolute Gasteiger partial charge is 0.497 e. The van der Waals surface area contributed by atoms with E-state index >= 15 is 0 Å². The van der Waals surface area contributed by atoms with Gasteiger partial charge in [0.2, 0.25) is 5.91 Å². The molecule has 2 rings (SSSR count). The average Bonchev–Trinajstić information content (AvgIpc) is 2.66. The zero-order valence-electron chi connectivity index (χ0n) is 15.6. The number of methoxy groups -OCH3 is 2. The Labute approximate surface area is 160 Å². The molecule has 0 radical (unpaired) electrons. The normalized spacial score (nSPS) is 12.1. The maximum Gasteiger partial charge on any atom is 0.422 e. The van der Waals surface area contributed by atoms with Crippen molar-refractivity contribution in [2.75, 3.05) is 31.5 Å². The van der Waals surface area contributed by atoms with E-state index in [4.69, 9.17) is 9.47 Å². The van der Waals surface area contributed by atoms with Gasteiger partial charge in [0.1, 0.15) is 23.3 Å². The highest BCUT2D eigenvalue weighted by Crippen LogP contribution is 2.26. The number of carbonyl (C=O) groups excluding carboxylic acids is 1. The highest BCUT2D eigenvalue weighted by Gasteiger charge is 2.28. The molecule has 0 spiro atoms. The van der Waals surface area contributed by atoms with Crippen molar-refractivity contribution in [2.24, 2.45) is 0 Å². The van der Waals surface area contributed by atoms with Crippen LogP contribution in [0.4, 0.5) is 24.5 Å². The molecule has 2 aromatic rings. The molecule has 2 N–H and O–H groups in total. The van der Waals surface area contributed by atoms with Gasteiger partial charge < -0.3 is 24.8 Å². The Balaban J connectivity index is 1.95. The van der Waals surface area contributed by atoms with Crippen molar-refractivity contribution in [2.45, 2.75) is 19.1 Å². The molecule has 0 fully saturated rings. The van der Waals surface area contributed by atoms with Crippen LogP contribution in [0.15, 0.2) is 42.5 Å². The monoisotopic (exact) mass is 398 g/mol. The Morgan fingerprint density at radius 3 is 2.04 bits per heavy atom. The van der Waals surface area contributed by atoms with Gasteiger partial charge in [-0.1, -0.05) is 0 Å². The van der Waals surface area contributed by atoms with Gasteiger partial charge in [-0.2, -0.15) is 13.2 Å². The lowest BCUT2D eigenvalue weighted by molar-refractivity contribution is -0.153. The summed E-state index contributed by atoms with van der Waals surface area (Å²) < 4.78 is 51.4. The summed E-state index contributed by atoms with van der Waals surface area (Å²) in [5.74, 6) is 0.838. The smallest absolute Gasteiger partial charge is 0.422 e. The molecule has 28 heavy (non-hydrogen) atoms. The summed E-state index contributed by atoms with van der Waals surface area (Å²) in [4.78, 5) is 12.4. The molecule has 0 aliphatic rings. The predicted octanol–water partition coefficient (Wildman–Crippen LogP) is 4.08. The summed E-state index contributed by atoms with van der Waals surface area (Å²) in [6.45, 7) is 0.295. The van der Waals surface area contributed by atoms with Gasteiger partial charge in [-0.05, 0) is 31.2 Å². The van der Waals surface area contributed by atoms with Crippen LogP contribution in [0.25, 0.3) is 0 Å². The van der Waals surface area contributed by atoms with E-state index < -0.39 is 18.8 Å². The molecule has 1 atom stereocenters. The van der Waals surface area contributed by atoms with Crippen molar-refractivity contribution in [3.8, 4) is 17.2 Å². The molecule has 6 nitrogen and oxygen atoms in total. The fourth-order valence-corrected chi connectivity index (χ4v) is 2.26. The van der Waals surface area contributed by atoms with Crippen LogP contribution in [0.3, 0.4) is 0 Å². The molecule has 0 unspecified atom stereocenters. The molecule has 152 valence electrons. The van der Waals surface area contributed by atoms with Gasteiger partial charge in [-0.15, -0.1) is 0 Å². The summed E-state index contributed by atoms with van der Waals surface area (Å²) in [5.41, 5.74) is 1.07. The number of alkyl halides is 3. The molecule has 0 saturated heterocycles. The topological polar surface area (TPSA) is 68.8 Å². The molecule has 0 aliphatic heterocycles. The minimum Gasteiger partial charge on any atom is -0.497 e. The Morgan fingerprint density at radius 1 is 0.964 bits per heavy atom. The number of carbonyl (C=O) groups is 1. The molecule has 0 bridgehead atoms. The maximum atomic E-state index is 12.4. The third-order valence-corrected chi connectivity index (χ3v) is 3.65. The molecule has 9 heteroatoms. The van der Waals surface area contributed by atoms with Gasteiger partial charge >= 0.3 is 6.18 Å². The van der Waals surface area contributed by atoms with Gasteiger partial charge in [0.15, 0.2) is 6.61 Å². The maximum absolute atomic E-state index is 12.4. The Bertz CT molecular complexity index is 773. The number of rotatable bonds is 8. The quantitative estimate of drug-likeness (QED) is 0.701. The summed E-state index contributed by atoms with van der Waals surface area (Å²) in [6, 6.07) is 10.2. The minimum absolute atomic E-state index is 0.0865. The van der Waals surface area contributed by atoms with Gasteiger partial charge in [0.05, 0.1) is 14.2 Å². The third kappa shape index (κ3) is 6.57. The van der Waals surface area contributed by atoms with E-state index in [0.717, 1.165) is 0 Å². The number of anilines is 2. The first-order valence-corrected chi connectivity index (χ1v) is 8.30. The minimum atomic E-state index is -4.40. The van der Waals surface area contributed by atoms with E-state index in [2.05, 4.69) is 15.4 Å². The molecule has 0 aromatic heterocycles. The number of halogens is 3. The van der Waals surface area contributed by atoms with Crippen LogP contribution in [-0.4, -0.2) is 39.0 Å². The van der Waals surface area contributed by atoms with Crippen molar-refractivity contribution < 1.29 is 32.2 Å². The van der Waals surface area contributed by atoms with Crippen molar-refractivity contribution in [1.82, 2.24) is 0 Å². The van der Waals surface area contributed by atoms with E-state index in [-0.39, 0.29) is 11.7 Å². The Hall–Kier alpha value is -3.10. The van der Waals surface area contributed by atoms with Gasteiger partial charge in [-0.25, -0.2) is 0 Å². The van der Waals surface area contributed by atoms with E-state index in [9.17, 15) is 18.0 Å². The van der Waals surface area contributed by atoms with Gasteiger partial charge in [0.25, 0.3) is 0 Å². The van der Waals surface area contributed by atoms with E-state index in [1.807, 2.05) is 0 Å². The first-order chi connectivity index (χ1) is 13.2. The molecule has 0 heterocycles. The van der Waals surface area contributed by atoms with Crippen molar-refractivity contribution in [1.29, 1.82) is 0 Å². The van der Waals surface area contributed by atoms with Crippen molar-refractivity contribution in [3.05, 3.63) is 42.5 Å². The average molecular weight is 398 g/mol. The highest BCUT2D eigenvalue weighted by atomic mass is 19.4. The van der Waals surface area contributed by atoms with Crippen molar-refractivity contribution >= 4 is 17.3 Å². The lowest BCUT2D eigenvalue weighted by atomic mass is 10.2. The number of hydrogen-bond acceptors (Lipinski definition) is 5. The van der Waals surface area contributed by atoms with E-state index in [1.165, 1.54) is 38.5 Å². The number of hydrogen-bond donors (Lipinski definition) is 2. The highest BCUT2D eigenvalue weighted by molar-refractivity contribution is 5.96. The summed E-state index contributed by atoms with van der Waals surface area (Å²) >= 11 is 0. The fourth-order valence-electron chi connectivity index (χ4n) is 2.26. The van der Waals surface area contributed by atoms with Crippen LogP contribution in [-0.2, 0) is 4.79 Å². The van der Waals surface area contributed by atoms with E-state index in [1.54, 1.807) is 25.1 Å². The first-order valence-electron chi connectivity index (χ1n) is 8.30. The van der Waals surface area contributed by atoms with Gasteiger partial charge in [-0.3, -0.25) is 4.79 Å². The standard InChI is InChI=1S/C19H21F3N2O4/c1-12(18(25)24-14-8-16(26-2)10-17(9-14)27-3)23-13-4-6-15(7-5-13)28-11-19(20,21)22/h4-10,12,23H,11H2,1-3H3,(H,24,25)/t12-/m0/s1. The number of benzene rings is 2. The van der Waals surface area contributed by atoms with Crippen LogP contribution < -0.4 is 24.8 Å². The Morgan fingerprint density at radius 2 is 1.54 bits per heavy atom. The second kappa shape index (κ2) is 9.20. The van der Waals surface area contributed by atoms with Crippen LogP contribution in [0.5, 0.6) is 17.2 Å². The SMILES string of the molecule is COc1cc(NC(=O)[C@H](C)Nc2ccc(OCC(F)(F)F)cc2)cc(OC)c1. The molecule has 0 saturated carbocycles. The van der Waals surface area contributed by atoms with Crippen LogP contribution in [0.2, 0.25) is 0 Å².